The van der Waals surface area contributed by atoms with Crippen LogP contribution in [0.15, 0.2) is 28.7 Å². The minimum atomic E-state index is -0.512. The van der Waals surface area contributed by atoms with E-state index in [2.05, 4.69) is 21.2 Å². The van der Waals surface area contributed by atoms with Gasteiger partial charge in [0.05, 0.1) is 6.10 Å². The summed E-state index contributed by atoms with van der Waals surface area (Å²) >= 11 is 3.35. The van der Waals surface area contributed by atoms with Gasteiger partial charge in [0, 0.05) is 17.6 Å². The molecular formula is C14H18BrNO3. The number of benzene rings is 1. The van der Waals surface area contributed by atoms with E-state index in [1.807, 2.05) is 24.3 Å². The van der Waals surface area contributed by atoms with Crippen LogP contribution in [0.1, 0.15) is 19.8 Å². The number of carbonyl (C=O) groups excluding carboxylic acids is 1. The fourth-order valence-electron chi connectivity index (χ4n) is 1.93. The van der Waals surface area contributed by atoms with Gasteiger partial charge in [-0.3, -0.25) is 4.79 Å². The topological polar surface area (TPSA) is 47.6 Å². The second-order valence-electron chi connectivity index (χ2n) is 4.59. The Morgan fingerprint density at radius 1 is 1.53 bits per heavy atom. The van der Waals surface area contributed by atoms with Crippen LogP contribution in [0.4, 0.5) is 0 Å². The van der Waals surface area contributed by atoms with Crippen molar-refractivity contribution in [1.82, 2.24) is 5.32 Å². The van der Waals surface area contributed by atoms with Gasteiger partial charge in [-0.15, -0.1) is 0 Å². The summed E-state index contributed by atoms with van der Waals surface area (Å²) in [7, 11) is 0. The lowest BCUT2D eigenvalue weighted by molar-refractivity contribution is -0.127. The lowest BCUT2D eigenvalue weighted by atomic mass is 10.2. The van der Waals surface area contributed by atoms with Gasteiger partial charge in [-0.25, -0.2) is 0 Å². The highest BCUT2D eigenvalue weighted by molar-refractivity contribution is 9.10. The lowest BCUT2D eigenvalue weighted by Crippen LogP contribution is -2.40. The third-order valence-corrected chi connectivity index (χ3v) is 3.55. The number of halogens is 1. The molecule has 1 amide bonds. The third-order valence-electron chi connectivity index (χ3n) is 3.02. The molecular weight excluding hydrogens is 310 g/mol. The molecule has 0 aliphatic carbocycles. The molecule has 19 heavy (non-hydrogen) atoms. The molecule has 1 aliphatic heterocycles. The van der Waals surface area contributed by atoms with Crippen LogP contribution in [0.25, 0.3) is 0 Å². The first-order valence-electron chi connectivity index (χ1n) is 6.46. The molecule has 0 aromatic heterocycles. The first kappa shape index (κ1) is 14.3. The van der Waals surface area contributed by atoms with Crippen molar-refractivity contribution < 1.29 is 14.3 Å². The second kappa shape index (κ2) is 6.91. The van der Waals surface area contributed by atoms with Gasteiger partial charge in [0.1, 0.15) is 5.75 Å². The monoisotopic (exact) mass is 327 g/mol. The summed E-state index contributed by atoms with van der Waals surface area (Å²) in [4.78, 5) is 11.9. The molecule has 1 heterocycles. The molecule has 0 spiro atoms. The second-order valence-corrected chi connectivity index (χ2v) is 5.51. The Kier molecular flexibility index (Phi) is 5.22. The molecule has 2 rings (SSSR count). The molecule has 1 fully saturated rings. The van der Waals surface area contributed by atoms with E-state index in [-0.39, 0.29) is 12.0 Å². The van der Waals surface area contributed by atoms with Crippen LogP contribution in [0.5, 0.6) is 5.75 Å². The molecule has 2 unspecified atom stereocenters. The molecule has 0 saturated carbocycles. The molecule has 0 radical (unpaired) electrons. The lowest BCUT2D eigenvalue weighted by Gasteiger charge is -2.16. The van der Waals surface area contributed by atoms with Gasteiger partial charge >= 0.3 is 0 Å². The third kappa shape index (κ3) is 4.51. The number of hydrogen-bond donors (Lipinski definition) is 1. The zero-order valence-corrected chi connectivity index (χ0v) is 12.5. The van der Waals surface area contributed by atoms with Crippen LogP contribution in [-0.4, -0.2) is 31.3 Å². The summed E-state index contributed by atoms with van der Waals surface area (Å²) in [5.41, 5.74) is 0. The van der Waals surface area contributed by atoms with Crippen LogP contribution in [0, 0.1) is 0 Å². The van der Waals surface area contributed by atoms with Crippen molar-refractivity contribution in [2.24, 2.45) is 0 Å². The highest BCUT2D eigenvalue weighted by atomic mass is 79.9. The molecule has 1 aliphatic rings. The largest absolute Gasteiger partial charge is 0.481 e. The average molecular weight is 328 g/mol. The van der Waals surface area contributed by atoms with E-state index in [0.29, 0.717) is 12.3 Å². The predicted molar refractivity (Wildman–Crippen MR) is 76.2 cm³/mol. The van der Waals surface area contributed by atoms with Crippen LogP contribution in [-0.2, 0) is 9.53 Å². The number of carbonyl (C=O) groups is 1. The van der Waals surface area contributed by atoms with Gasteiger partial charge in [0.2, 0.25) is 0 Å². The summed E-state index contributed by atoms with van der Waals surface area (Å²) in [6, 6.07) is 7.42. The minimum Gasteiger partial charge on any atom is -0.481 e. The summed E-state index contributed by atoms with van der Waals surface area (Å²) < 4.78 is 12.0. The maximum Gasteiger partial charge on any atom is 0.260 e. The van der Waals surface area contributed by atoms with Gasteiger partial charge in [0.25, 0.3) is 5.91 Å². The number of nitrogens with one attached hydrogen (secondary N) is 1. The van der Waals surface area contributed by atoms with Crippen molar-refractivity contribution in [3.63, 3.8) is 0 Å². The van der Waals surface area contributed by atoms with Crippen LogP contribution in [0.3, 0.4) is 0 Å². The molecule has 0 bridgehead atoms. The van der Waals surface area contributed by atoms with Crippen LogP contribution in [0.2, 0.25) is 0 Å². The average Bonchev–Trinajstić information content (AvgIpc) is 2.91. The zero-order valence-electron chi connectivity index (χ0n) is 10.9. The van der Waals surface area contributed by atoms with Gasteiger partial charge in [-0.05, 0) is 44.0 Å². The van der Waals surface area contributed by atoms with E-state index >= 15 is 0 Å². The molecule has 1 saturated heterocycles. The van der Waals surface area contributed by atoms with Crippen LogP contribution >= 0.6 is 15.9 Å². The Morgan fingerprint density at radius 3 is 2.89 bits per heavy atom. The SMILES string of the molecule is CC(Oc1ccc(Br)cc1)C(=O)NCC1CCCO1. The van der Waals surface area contributed by atoms with Crippen molar-refractivity contribution in [3.05, 3.63) is 28.7 Å². The molecule has 1 aromatic carbocycles. The molecule has 5 heteroatoms. The maximum absolute atomic E-state index is 11.9. The smallest absolute Gasteiger partial charge is 0.260 e. The van der Waals surface area contributed by atoms with Crippen molar-refractivity contribution in [2.75, 3.05) is 13.2 Å². The highest BCUT2D eigenvalue weighted by Crippen LogP contribution is 2.17. The van der Waals surface area contributed by atoms with Gasteiger partial charge in [-0.1, -0.05) is 15.9 Å². The molecule has 104 valence electrons. The first-order chi connectivity index (χ1) is 9.15. The number of hydrogen-bond acceptors (Lipinski definition) is 3. The van der Waals surface area contributed by atoms with E-state index < -0.39 is 6.10 Å². The Bertz CT molecular complexity index is 415. The predicted octanol–water partition coefficient (Wildman–Crippen LogP) is 2.51. The highest BCUT2D eigenvalue weighted by Gasteiger charge is 2.19. The first-order valence-corrected chi connectivity index (χ1v) is 7.26. The standard InChI is InChI=1S/C14H18BrNO3/c1-10(19-12-6-4-11(15)5-7-12)14(17)16-9-13-3-2-8-18-13/h4-7,10,13H,2-3,8-9H2,1H3,(H,16,17). The van der Waals surface area contributed by atoms with Gasteiger partial charge < -0.3 is 14.8 Å². The molecule has 4 nitrogen and oxygen atoms in total. The summed E-state index contributed by atoms with van der Waals surface area (Å²) in [5, 5.41) is 2.86. The number of ether oxygens (including phenoxy) is 2. The van der Waals surface area contributed by atoms with Gasteiger partial charge in [-0.2, -0.15) is 0 Å². The van der Waals surface area contributed by atoms with E-state index in [9.17, 15) is 4.79 Å². The minimum absolute atomic E-state index is 0.113. The Balaban J connectivity index is 1.76. The fourth-order valence-corrected chi connectivity index (χ4v) is 2.20. The molecule has 1 N–H and O–H groups in total. The van der Waals surface area contributed by atoms with E-state index in [0.717, 1.165) is 23.9 Å². The zero-order chi connectivity index (χ0) is 13.7. The van der Waals surface area contributed by atoms with Crippen LogP contribution < -0.4 is 10.1 Å². The normalized spacial score (nSPS) is 20.0. The van der Waals surface area contributed by atoms with E-state index in [1.54, 1.807) is 6.92 Å². The Hall–Kier alpha value is -1.07. The van der Waals surface area contributed by atoms with Crippen molar-refractivity contribution in [3.8, 4) is 5.75 Å². The Labute approximate surface area is 121 Å². The number of rotatable bonds is 5. The summed E-state index contributed by atoms with van der Waals surface area (Å²) in [5.74, 6) is 0.571. The van der Waals surface area contributed by atoms with E-state index in [1.165, 1.54) is 0 Å². The van der Waals surface area contributed by atoms with Gasteiger partial charge in [0.15, 0.2) is 6.10 Å². The molecule has 1 aromatic rings. The summed E-state index contributed by atoms with van der Waals surface area (Å²) in [6.07, 6.45) is 1.74. The molecule has 2 atom stereocenters. The fraction of sp³-hybridized carbons (Fsp3) is 0.500. The Morgan fingerprint density at radius 2 is 2.26 bits per heavy atom. The maximum atomic E-state index is 11.9. The van der Waals surface area contributed by atoms with E-state index in [4.69, 9.17) is 9.47 Å². The van der Waals surface area contributed by atoms with Crippen molar-refractivity contribution >= 4 is 21.8 Å². The number of amides is 1. The quantitative estimate of drug-likeness (QED) is 0.903. The van der Waals surface area contributed by atoms with Crippen molar-refractivity contribution in [2.45, 2.75) is 32.0 Å². The summed E-state index contributed by atoms with van der Waals surface area (Å²) in [6.45, 7) is 3.10. The van der Waals surface area contributed by atoms with Crippen molar-refractivity contribution in [1.29, 1.82) is 0 Å².